The molecule has 0 radical (unpaired) electrons. The van der Waals surface area contributed by atoms with Crippen molar-refractivity contribution in [2.45, 2.75) is 39.8 Å². The fourth-order valence-corrected chi connectivity index (χ4v) is 3.83. The van der Waals surface area contributed by atoms with Gasteiger partial charge in [0.1, 0.15) is 24.2 Å². The van der Waals surface area contributed by atoms with Crippen LogP contribution in [0.15, 0.2) is 48.0 Å². The van der Waals surface area contributed by atoms with Gasteiger partial charge in [0.2, 0.25) is 5.90 Å². The van der Waals surface area contributed by atoms with Crippen LogP contribution in [-0.4, -0.2) is 49.2 Å². The highest BCUT2D eigenvalue weighted by Gasteiger charge is 2.21. The van der Waals surface area contributed by atoms with Crippen molar-refractivity contribution in [2.75, 3.05) is 26.3 Å². The summed E-state index contributed by atoms with van der Waals surface area (Å²) in [5.74, 6) is 6.59. The van der Waals surface area contributed by atoms with Crippen LogP contribution in [0, 0.1) is 11.3 Å². The predicted octanol–water partition coefficient (Wildman–Crippen LogP) is 3.80. The number of hydrogen-bond acceptors (Lipinski definition) is 9. The minimum absolute atomic E-state index is 0.0731. The van der Waals surface area contributed by atoms with Crippen molar-refractivity contribution >= 4 is 17.6 Å². The number of nitrogens with zero attached hydrogens (tertiary/aromatic N) is 3. The maximum Gasteiger partial charge on any atom is 0.307 e. The van der Waals surface area contributed by atoms with Gasteiger partial charge in [0.05, 0.1) is 30.4 Å². The molecule has 3 rings (SSSR count). The van der Waals surface area contributed by atoms with Crippen LogP contribution >= 0.6 is 0 Å². The molecule has 0 bridgehead atoms. The summed E-state index contributed by atoms with van der Waals surface area (Å²) in [6, 6.07) is 12.9. The van der Waals surface area contributed by atoms with Gasteiger partial charge in [-0.25, -0.2) is 4.99 Å². The second kappa shape index (κ2) is 12.7. The molecule has 9 heteroatoms. The first-order valence-electron chi connectivity index (χ1n) is 11.8. The van der Waals surface area contributed by atoms with Crippen LogP contribution in [0.1, 0.15) is 49.4 Å². The average molecular weight is 493 g/mol. The highest BCUT2D eigenvalue weighted by molar-refractivity contribution is 5.98. The Balaban J connectivity index is 1.83. The van der Waals surface area contributed by atoms with E-state index in [9.17, 15) is 10.1 Å². The van der Waals surface area contributed by atoms with Gasteiger partial charge in [0, 0.05) is 36.3 Å². The third-order valence-corrected chi connectivity index (χ3v) is 5.45. The monoisotopic (exact) mass is 492 g/mol. The Morgan fingerprint density at radius 2 is 2.14 bits per heavy atom. The molecule has 0 saturated heterocycles. The number of fused-ring (bicyclic) bond motifs is 1. The first-order valence-corrected chi connectivity index (χ1v) is 11.8. The number of para-hydroxylation sites is 1. The first-order chi connectivity index (χ1) is 17.4. The Morgan fingerprint density at radius 1 is 1.33 bits per heavy atom. The molecule has 2 aromatic rings. The Bertz CT molecular complexity index is 1170. The number of ether oxygens (including phenoxy) is 3. The van der Waals surface area contributed by atoms with E-state index in [-0.39, 0.29) is 18.0 Å². The number of hydrogen-bond donors (Lipinski definition) is 1. The van der Waals surface area contributed by atoms with Gasteiger partial charge >= 0.3 is 5.97 Å². The largest absolute Gasteiger partial charge is 0.491 e. The maximum atomic E-state index is 11.8. The van der Waals surface area contributed by atoms with Crippen molar-refractivity contribution in [1.82, 2.24) is 4.90 Å². The lowest BCUT2D eigenvalue weighted by molar-refractivity contribution is -0.143. The van der Waals surface area contributed by atoms with Crippen molar-refractivity contribution in [1.29, 1.82) is 5.26 Å². The number of nitriles is 1. The molecular formula is C27H32N4O5. The zero-order chi connectivity index (χ0) is 26.1. The predicted molar refractivity (Wildman–Crippen MR) is 136 cm³/mol. The quantitative estimate of drug-likeness (QED) is 0.243. The normalized spacial score (nSPS) is 13.7. The molecule has 0 spiro atoms. The second-order valence-electron chi connectivity index (χ2n) is 8.44. The van der Waals surface area contributed by atoms with Crippen LogP contribution in [0.5, 0.6) is 11.5 Å². The molecule has 1 aliphatic rings. The Morgan fingerprint density at radius 3 is 2.83 bits per heavy atom. The van der Waals surface area contributed by atoms with Gasteiger partial charge in [0.15, 0.2) is 0 Å². The lowest BCUT2D eigenvalue weighted by Gasteiger charge is -2.18. The van der Waals surface area contributed by atoms with Crippen molar-refractivity contribution in [3.05, 3.63) is 65.2 Å². The molecule has 0 amide bonds. The lowest BCUT2D eigenvalue weighted by atomic mass is 10.1. The molecule has 36 heavy (non-hydrogen) atoms. The molecule has 1 heterocycles. The number of carbonyl (C=O) groups excluding carboxylic acids is 1. The van der Waals surface area contributed by atoms with Gasteiger partial charge in [0.25, 0.3) is 0 Å². The summed E-state index contributed by atoms with van der Waals surface area (Å²) in [5.41, 5.74) is 2.92. The van der Waals surface area contributed by atoms with Crippen LogP contribution in [-0.2, 0) is 20.9 Å². The van der Waals surface area contributed by atoms with E-state index < -0.39 is 0 Å². The smallest absolute Gasteiger partial charge is 0.307 e. The molecule has 190 valence electrons. The average Bonchev–Trinajstić information content (AvgIpc) is 3.08. The van der Waals surface area contributed by atoms with E-state index in [0.717, 1.165) is 5.56 Å². The fourth-order valence-electron chi connectivity index (χ4n) is 3.83. The van der Waals surface area contributed by atoms with E-state index in [1.807, 2.05) is 32.0 Å². The van der Waals surface area contributed by atoms with Crippen LogP contribution in [0.25, 0.3) is 5.70 Å². The molecule has 0 fully saturated rings. The van der Waals surface area contributed by atoms with Gasteiger partial charge in [-0.15, -0.1) is 0 Å². The number of aliphatic imine (C=N–C) groups is 1. The van der Waals surface area contributed by atoms with E-state index in [4.69, 9.17) is 24.9 Å². The van der Waals surface area contributed by atoms with Crippen molar-refractivity contribution in [3.63, 3.8) is 0 Å². The van der Waals surface area contributed by atoms with Crippen LogP contribution in [0.4, 0.5) is 0 Å². The Hall–Kier alpha value is -3.87. The molecule has 0 unspecified atom stereocenters. The summed E-state index contributed by atoms with van der Waals surface area (Å²) in [6.45, 7) is 12.4. The molecule has 1 aliphatic heterocycles. The summed E-state index contributed by atoms with van der Waals surface area (Å²) in [5, 5.41) is 9.54. The maximum absolute atomic E-state index is 11.8. The van der Waals surface area contributed by atoms with Crippen molar-refractivity contribution in [2.24, 2.45) is 10.9 Å². The SMILES string of the molecule is C=C(N=C(ON)c1ccc(OC(C)C)c(C#N)c1)c1cccc2c1OCCN(CCC(=O)OCC)C2. The summed E-state index contributed by atoms with van der Waals surface area (Å²) < 4.78 is 16.8. The van der Waals surface area contributed by atoms with Gasteiger partial charge in [-0.1, -0.05) is 18.7 Å². The van der Waals surface area contributed by atoms with Crippen molar-refractivity contribution < 1.29 is 23.8 Å². The molecule has 0 aromatic heterocycles. The van der Waals surface area contributed by atoms with Gasteiger partial charge in [-0.05, 0) is 45.0 Å². The highest BCUT2D eigenvalue weighted by Crippen LogP contribution is 2.33. The zero-order valence-corrected chi connectivity index (χ0v) is 21.0. The number of rotatable bonds is 9. The zero-order valence-electron chi connectivity index (χ0n) is 21.0. The van der Waals surface area contributed by atoms with Crippen LogP contribution in [0.2, 0.25) is 0 Å². The van der Waals surface area contributed by atoms with Gasteiger partial charge in [-0.2, -0.15) is 11.2 Å². The summed E-state index contributed by atoms with van der Waals surface area (Å²) in [7, 11) is 0. The first kappa shape index (κ1) is 26.7. The topological polar surface area (TPSA) is 119 Å². The highest BCUT2D eigenvalue weighted by atomic mass is 16.6. The molecule has 2 N–H and O–H groups in total. The number of nitrogens with two attached hydrogens (primary N) is 1. The number of carbonyl (C=O) groups is 1. The third-order valence-electron chi connectivity index (χ3n) is 5.45. The molecule has 2 aromatic carbocycles. The van der Waals surface area contributed by atoms with E-state index in [1.165, 1.54) is 0 Å². The van der Waals surface area contributed by atoms with Gasteiger partial charge in [-0.3, -0.25) is 9.69 Å². The van der Waals surface area contributed by atoms with Crippen LogP contribution in [0.3, 0.4) is 0 Å². The lowest BCUT2D eigenvalue weighted by Crippen LogP contribution is -2.28. The molecule has 0 saturated carbocycles. The second-order valence-corrected chi connectivity index (χ2v) is 8.44. The molecule has 9 nitrogen and oxygen atoms in total. The minimum atomic E-state index is -0.211. The standard InChI is InChI=1S/C27H32N4O5/c1-5-33-25(32)11-12-31-13-14-34-26-21(17-31)7-6-8-23(26)19(4)30-27(36-29)20-9-10-24(35-18(2)3)22(15-20)16-28/h6-10,15,18H,4-5,11-14,17,29H2,1-3H3. The third kappa shape index (κ3) is 6.84. The fraction of sp³-hybridized carbons (Fsp3) is 0.370. The Kier molecular flexibility index (Phi) is 9.45. The van der Waals surface area contributed by atoms with Crippen molar-refractivity contribution in [3.8, 4) is 17.6 Å². The van der Waals surface area contributed by atoms with E-state index >= 15 is 0 Å². The van der Waals surface area contributed by atoms with Crippen LogP contribution < -0.4 is 15.4 Å². The number of esters is 1. The summed E-state index contributed by atoms with van der Waals surface area (Å²) in [6.07, 6.45) is 0.249. The Labute approximate surface area is 211 Å². The number of benzene rings is 2. The van der Waals surface area contributed by atoms with E-state index in [1.54, 1.807) is 25.1 Å². The summed E-state index contributed by atoms with van der Waals surface area (Å²) >= 11 is 0. The van der Waals surface area contributed by atoms with E-state index in [2.05, 4.69) is 22.5 Å². The molecule has 0 aliphatic carbocycles. The molecule has 0 atom stereocenters. The van der Waals surface area contributed by atoms with Gasteiger partial charge < -0.3 is 19.0 Å². The van der Waals surface area contributed by atoms with E-state index in [0.29, 0.717) is 73.2 Å². The molecular weight excluding hydrogens is 460 g/mol. The summed E-state index contributed by atoms with van der Waals surface area (Å²) in [4.78, 5) is 23.5. The minimum Gasteiger partial charge on any atom is -0.491 e.